The molecule has 0 saturated heterocycles. The van der Waals surface area contributed by atoms with E-state index in [9.17, 15) is 0 Å². The lowest BCUT2D eigenvalue weighted by Gasteiger charge is -2.25. The Morgan fingerprint density at radius 1 is 1.42 bits per heavy atom. The molecule has 0 aliphatic heterocycles. The summed E-state index contributed by atoms with van der Waals surface area (Å²) in [7, 11) is 1.96. The molecule has 2 heterocycles. The summed E-state index contributed by atoms with van der Waals surface area (Å²) in [4.78, 5) is 4.16. The molecule has 3 atom stereocenters. The van der Waals surface area contributed by atoms with Gasteiger partial charge in [0.05, 0.1) is 12.5 Å². The molecule has 1 saturated carbocycles. The molecule has 0 amide bonds. The molecule has 1 N–H and O–H groups in total. The van der Waals surface area contributed by atoms with Crippen molar-refractivity contribution in [2.24, 2.45) is 7.05 Å². The Morgan fingerprint density at radius 2 is 2.32 bits per heavy atom. The number of hydrogen-bond donors (Lipinski definition) is 1. The van der Waals surface area contributed by atoms with Crippen LogP contribution in [-0.4, -0.2) is 25.4 Å². The van der Waals surface area contributed by atoms with E-state index in [0.717, 1.165) is 0 Å². The minimum absolute atomic E-state index is 0.336. The molecular weight excluding hydrogens is 238 g/mol. The summed E-state index contributed by atoms with van der Waals surface area (Å²) >= 11 is 0. The molecule has 5 heteroatoms. The van der Waals surface area contributed by atoms with E-state index in [0.29, 0.717) is 18.1 Å². The van der Waals surface area contributed by atoms with E-state index in [4.69, 9.17) is 0 Å². The monoisotopic (exact) mass is 259 g/mol. The third-order valence-corrected chi connectivity index (χ3v) is 4.08. The fraction of sp³-hybridized carbons (Fsp3) is 0.571. The van der Waals surface area contributed by atoms with Gasteiger partial charge in [-0.25, -0.2) is 4.98 Å². The highest BCUT2D eigenvalue weighted by molar-refractivity contribution is 5.10. The van der Waals surface area contributed by atoms with Crippen molar-refractivity contribution in [1.29, 1.82) is 0 Å². The summed E-state index contributed by atoms with van der Waals surface area (Å²) in [5, 5.41) is 7.99. The van der Waals surface area contributed by atoms with Gasteiger partial charge in [0.1, 0.15) is 0 Å². The first kappa shape index (κ1) is 12.4. The maximum atomic E-state index is 4.24. The average molecular weight is 259 g/mol. The van der Waals surface area contributed by atoms with Crippen molar-refractivity contribution in [3.05, 3.63) is 36.7 Å². The van der Waals surface area contributed by atoms with Crippen molar-refractivity contribution < 1.29 is 0 Å². The minimum atomic E-state index is 0.336. The van der Waals surface area contributed by atoms with Gasteiger partial charge in [0.2, 0.25) is 0 Å². The number of aryl methyl sites for hydroxylation is 1. The third-order valence-electron chi connectivity index (χ3n) is 4.08. The Balaban J connectivity index is 1.68. The molecule has 0 spiro atoms. The number of nitrogens with zero attached hydrogens (tertiary/aromatic N) is 4. The smallest absolute Gasteiger partial charge is 0.0949 e. The maximum Gasteiger partial charge on any atom is 0.0949 e. The predicted molar refractivity (Wildman–Crippen MR) is 73.7 cm³/mol. The van der Waals surface area contributed by atoms with Gasteiger partial charge in [-0.1, -0.05) is 0 Å². The second-order valence-corrected chi connectivity index (χ2v) is 5.45. The SMILES string of the molecule is CC(NC1CCCC1n1ccnc1)c1cnn(C)c1. The number of rotatable bonds is 4. The van der Waals surface area contributed by atoms with E-state index in [1.165, 1.54) is 24.8 Å². The molecule has 5 nitrogen and oxygen atoms in total. The summed E-state index contributed by atoms with van der Waals surface area (Å²) in [5.74, 6) is 0. The van der Waals surface area contributed by atoms with Crippen LogP contribution in [0.3, 0.4) is 0 Å². The molecule has 1 fully saturated rings. The summed E-state index contributed by atoms with van der Waals surface area (Å²) in [6, 6.07) is 1.38. The van der Waals surface area contributed by atoms with Gasteiger partial charge in [-0.05, 0) is 26.2 Å². The second kappa shape index (κ2) is 5.17. The van der Waals surface area contributed by atoms with Gasteiger partial charge < -0.3 is 9.88 Å². The quantitative estimate of drug-likeness (QED) is 0.914. The molecule has 2 aromatic heterocycles. The summed E-state index contributed by atoms with van der Waals surface area (Å²) < 4.78 is 4.09. The van der Waals surface area contributed by atoms with Crippen LogP contribution in [0.4, 0.5) is 0 Å². The van der Waals surface area contributed by atoms with Crippen LogP contribution in [0, 0.1) is 0 Å². The molecule has 1 aliphatic carbocycles. The fourth-order valence-electron chi connectivity index (χ4n) is 3.04. The first-order chi connectivity index (χ1) is 9.24. The van der Waals surface area contributed by atoms with Crippen molar-refractivity contribution in [3.8, 4) is 0 Å². The molecule has 2 aromatic rings. The van der Waals surface area contributed by atoms with Crippen molar-refractivity contribution in [2.75, 3.05) is 0 Å². The molecule has 19 heavy (non-hydrogen) atoms. The highest BCUT2D eigenvalue weighted by Crippen LogP contribution is 2.31. The molecule has 0 aromatic carbocycles. The topological polar surface area (TPSA) is 47.7 Å². The van der Waals surface area contributed by atoms with E-state index in [1.54, 1.807) is 0 Å². The maximum absolute atomic E-state index is 4.24. The van der Waals surface area contributed by atoms with E-state index in [2.05, 4.69) is 39.3 Å². The van der Waals surface area contributed by atoms with Crippen molar-refractivity contribution in [1.82, 2.24) is 24.6 Å². The average Bonchev–Trinajstić information content (AvgIpc) is 3.07. The first-order valence-electron chi connectivity index (χ1n) is 6.96. The van der Waals surface area contributed by atoms with Crippen LogP contribution in [0.2, 0.25) is 0 Å². The van der Waals surface area contributed by atoms with Crippen LogP contribution in [0.25, 0.3) is 0 Å². The lowest BCUT2D eigenvalue weighted by Crippen LogP contribution is -2.35. The number of nitrogens with one attached hydrogen (secondary N) is 1. The zero-order valence-electron chi connectivity index (χ0n) is 11.5. The molecule has 3 rings (SSSR count). The van der Waals surface area contributed by atoms with E-state index in [-0.39, 0.29) is 0 Å². The zero-order valence-corrected chi connectivity index (χ0v) is 11.5. The third kappa shape index (κ3) is 2.56. The van der Waals surface area contributed by atoms with E-state index < -0.39 is 0 Å². The minimum Gasteiger partial charge on any atom is -0.333 e. The largest absolute Gasteiger partial charge is 0.333 e. The lowest BCUT2D eigenvalue weighted by molar-refractivity contribution is 0.362. The predicted octanol–water partition coefficient (Wildman–Crippen LogP) is 2.06. The van der Waals surface area contributed by atoms with Gasteiger partial charge in [0.15, 0.2) is 0 Å². The van der Waals surface area contributed by atoms with Gasteiger partial charge in [0, 0.05) is 49.3 Å². The van der Waals surface area contributed by atoms with Crippen molar-refractivity contribution >= 4 is 0 Å². The van der Waals surface area contributed by atoms with Crippen molar-refractivity contribution in [2.45, 2.75) is 44.3 Å². The highest BCUT2D eigenvalue weighted by Gasteiger charge is 2.29. The standard InChI is InChI=1S/C14H21N5/c1-11(12-8-16-18(2)9-12)17-13-4-3-5-14(13)19-7-6-15-10-19/h6-11,13-14,17H,3-5H2,1-2H3. The van der Waals surface area contributed by atoms with Crippen LogP contribution in [-0.2, 0) is 7.05 Å². The van der Waals surface area contributed by atoms with Gasteiger partial charge in [-0.2, -0.15) is 5.10 Å². The summed E-state index contributed by atoms with van der Waals surface area (Å²) in [5.41, 5.74) is 1.25. The Morgan fingerprint density at radius 3 is 3.00 bits per heavy atom. The van der Waals surface area contributed by atoms with Gasteiger partial charge in [-0.3, -0.25) is 4.68 Å². The molecule has 1 aliphatic rings. The second-order valence-electron chi connectivity index (χ2n) is 5.45. The summed E-state index contributed by atoms with van der Waals surface area (Å²) in [6.07, 6.45) is 13.6. The van der Waals surface area contributed by atoms with Crippen LogP contribution in [0.5, 0.6) is 0 Å². The lowest BCUT2D eigenvalue weighted by atomic mass is 10.1. The Bertz CT molecular complexity index is 516. The van der Waals surface area contributed by atoms with Crippen LogP contribution >= 0.6 is 0 Å². The zero-order chi connectivity index (χ0) is 13.2. The Hall–Kier alpha value is -1.62. The molecule has 0 bridgehead atoms. The van der Waals surface area contributed by atoms with Crippen molar-refractivity contribution in [3.63, 3.8) is 0 Å². The van der Waals surface area contributed by atoms with E-state index in [1.807, 2.05) is 30.5 Å². The normalized spacial score (nSPS) is 24.7. The summed E-state index contributed by atoms with van der Waals surface area (Å²) in [6.45, 7) is 2.21. The number of aromatic nitrogens is 4. The number of hydrogen-bond acceptors (Lipinski definition) is 3. The molecular formula is C14H21N5. The fourth-order valence-corrected chi connectivity index (χ4v) is 3.04. The van der Waals surface area contributed by atoms with Gasteiger partial charge >= 0.3 is 0 Å². The van der Waals surface area contributed by atoms with Gasteiger partial charge in [-0.15, -0.1) is 0 Å². The van der Waals surface area contributed by atoms with E-state index >= 15 is 0 Å². The first-order valence-corrected chi connectivity index (χ1v) is 6.96. The van der Waals surface area contributed by atoms with Gasteiger partial charge in [0.25, 0.3) is 0 Å². The van der Waals surface area contributed by atoms with Crippen LogP contribution in [0.15, 0.2) is 31.1 Å². The Kier molecular flexibility index (Phi) is 3.38. The van der Waals surface area contributed by atoms with Crippen LogP contribution in [0.1, 0.15) is 43.8 Å². The molecule has 3 unspecified atom stereocenters. The van der Waals surface area contributed by atoms with Crippen LogP contribution < -0.4 is 5.32 Å². The Labute approximate surface area is 113 Å². The number of imidazole rings is 1. The molecule has 0 radical (unpaired) electrons. The highest BCUT2D eigenvalue weighted by atomic mass is 15.2. The molecule has 102 valence electrons.